The van der Waals surface area contributed by atoms with Crippen LogP contribution in [0.15, 0.2) is 17.1 Å². The molecule has 2 heterocycles. The van der Waals surface area contributed by atoms with Crippen LogP contribution in [0.1, 0.15) is 6.23 Å². The van der Waals surface area contributed by atoms with Crippen molar-refractivity contribution >= 4 is 5.82 Å². The fraction of sp³-hybridized carbons (Fsp3) is 0.667. The molecule has 0 spiro atoms. The molecule has 1 aromatic rings. The molecule has 1 aliphatic rings. The highest BCUT2D eigenvalue weighted by Gasteiger charge is 2.35. The van der Waals surface area contributed by atoms with Gasteiger partial charge in [0, 0.05) is 27.5 Å². The van der Waals surface area contributed by atoms with Crippen LogP contribution in [0, 0.1) is 0 Å². The summed E-state index contributed by atoms with van der Waals surface area (Å²) in [6.45, 7) is 0.142. The van der Waals surface area contributed by atoms with Crippen LogP contribution in [0.2, 0.25) is 0 Å². The van der Waals surface area contributed by atoms with E-state index in [0.717, 1.165) is 0 Å². The van der Waals surface area contributed by atoms with E-state index < -0.39 is 24.4 Å². The molecule has 0 unspecified atom stereocenters. The van der Waals surface area contributed by atoms with Crippen molar-refractivity contribution in [3.8, 4) is 0 Å². The average Bonchev–Trinajstić information content (AvgIpc) is 2.98. The quantitative estimate of drug-likeness (QED) is 0.649. The zero-order chi connectivity index (χ0) is 16.2. The van der Waals surface area contributed by atoms with Gasteiger partial charge in [0.1, 0.15) is 12.4 Å². The minimum absolute atomic E-state index is 0.0246. The van der Waals surface area contributed by atoms with Crippen molar-refractivity contribution in [2.24, 2.45) is 0 Å². The predicted molar refractivity (Wildman–Crippen MR) is 72.5 cm³/mol. The maximum atomic E-state index is 11.7. The summed E-state index contributed by atoms with van der Waals surface area (Å²) in [6, 6.07) is 1.50. The Morgan fingerprint density at radius 3 is 2.68 bits per heavy atom. The molecule has 10 heteroatoms. The first kappa shape index (κ1) is 16.8. The molecular formula is C12H19N3O7. The molecule has 2 N–H and O–H groups in total. The molecular weight excluding hydrogens is 298 g/mol. The summed E-state index contributed by atoms with van der Waals surface area (Å²) in [5.41, 5.74) is 4.92. The van der Waals surface area contributed by atoms with Crippen LogP contribution in [0.25, 0.3) is 0 Å². The minimum atomic E-state index is -1.63. The largest absolute Gasteiger partial charge is 0.412 e. The maximum Gasteiger partial charge on any atom is 0.412 e. The second-order valence-electron chi connectivity index (χ2n) is 4.32. The third-order valence-electron chi connectivity index (χ3n) is 3.04. The standard InChI is InChI=1S/C12H19N3O7/c1-17-12(18-2,19-3)21-7-10-20-6-9(22-10)15-5-4-8(13)14-11(15)16/h4-5,9-10H,6-7H2,1-3H3,(H2,13,14,16)/t9-,10-/m0/s1. The van der Waals surface area contributed by atoms with Crippen LogP contribution in [0.5, 0.6) is 0 Å². The second kappa shape index (κ2) is 7.13. The van der Waals surface area contributed by atoms with E-state index in [1.54, 1.807) is 0 Å². The van der Waals surface area contributed by atoms with Gasteiger partial charge in [0.05, 0.1) is 6.61 Å². The topological polar surface area (TPSA) is 116 Å². The third kappa shape index (κ3) is 3.61. The lowest BCUT2D eigenvalue weighted by Gasteiger charge is -2.28. The van der Waals surface area contributed by atoms with Gasteiger partial charge in [-0.2, -0.15) is 4.98 Å². The van der Waals surface area contributed by atoms with Crippen LogP contribution in [0.3, 0.4) is 0 Å². The molecule has 0 aliphatic carbocycles. The summed E-state index contributed by atoms with van der Waals surface area (Å²) in [4.78, 5) is 15.4. The van der Waals surface area contributed by atoms with Gasteiger partial charge in [0.25, 0.3) is 0 Å². The number of nitrogen functional groups attached to an aromatic ring is 1. The van der Waals surface area contributed by atoms with Gasteiger partial charge in [-0.05, 0) is 6.07 Å². The van der Waals surface area contributed by atoms with E-state index in [0.29, 0.717) is 0 Å². The average molecular weight is 317 g/mol. The lowest BCUT2D eigenvalue weighted by atomic mass is 10.5. The van der Waals surface area contributed by atoms with E-state index in [1.807, 2.05) is 0 Å². The fourth-order valence-corrected chi connectivity index (χ4v) is 1.92. The van der Waals surface area contributed by atoms with Crippen molar-refractivity contribution in [1.29, 1.82) is 0 Å². The molecule has 22 heavy (non-hydrogen) atoms. The number of methoxy groups -OCH3 is 3. The summed E-state index contributed by atoms with van der Waals surface area (Å²) in [5, 5.41) is 0. The molecule has 0 aromatic carbocycles. The number of aromatic nitrogens is 2. The molecule has 2 rings (SSSR count). The second-order valence-corrected chi connectivity index (χ2v) is 4.32. The monoisotopic (exact) mass is 317 g/mol. The smallest absolute Gasteiger partial charge is 0.383 e. The summed E-state index contributed by atoms with van der Waals surface area (Å²) in [6.07, 6.45) is -1.47. The number of hydrogen-bond acceptors (Lipinski definition) is 9. The van der Waals surface area contributed by atoms with Crippen LogP contribution >= 0.6 is 0 Å². The van der Waals surface area contributed by atoms with Gasteiger partial charge in [-0.25, -0.2) is 4.79 Å². The first-order valence-electron chi connectivity index (χ1n) is 6.44. The summed E-state index contributed by atoms with van der Waals surface area (Å²) in [5.74, 6) is 0.144. The Balaban J connectivity index is 1.94. The highest BCUT2D eigenvalue weighted by atomic mass is 17.0. The van der Waals surface area contributed by atoms with Gasteiger partial charge in [0.2, 0.25) is 0 Å². The number of anilines is 1. The summed E-state index contributed by atoms with van der Waals surface area (Å²) < 4.78 is 32.6. The van der Waals surface area contributed by atoms with E-state index >= 15 is 0 Å². The minimum Gasteiger partial charge on any atom is -0.383 e. The third-order valence-corrected chi connectivity index (χ3v) is 3.04. The summed E-state index contributed by atoms with van der Waals surface area (Å²) in [7, 11) is 4.10. The maximum absolute atomic E-state index is 11.7. The van der Waals surface area contributed by atoms with Crippen LogP contribution in [-0.2, 0) is 28.4 Å². The Hall–Kier alpha value is -1.56. The van der Waals surface area contributed by atoms with Gasteiger partial charge in [-0.3, -0.25) is 9.30 Å². The Bertz CT molecular complexity index is 538. The molecule has 1 saturated heterocycles. The molecule has 0 amide bonds. The predicted octanol–water partition coefficient (Wildman–Crippen LogP) is -0.736. The zero-order valence-corrected chi connectivity index (χ0v) is 12.6. The number of rotatable bonds is 7. The van der Waals surface area contributed by atoms with Gasteiger partial charge >= 0.3 is 11.8 Å². The van der Waals surface area contributed by atoms with Gasteiger partial charge in [-0.1, -0.05) is 0 Å². The molecule has 0 saturated carbocycles. The Kier molecular flexibility index (Phi) is 5.45. The van der Waals surface area contributed by atoms with E-state index in [1.165, 1.54) is 38.2 Å². The SMILES string of the molecule is COC(OC)(OC)OC[C@H]1OC[C@@H](n2ccc(N)nc2=O)O1. The van der Waals surface area contributed by atoms with E-state index in [4.69, 9.17) is 34.2 Å². The number of ether oxygens (including phenoxy) is 6. The molecule has 10 nitrogen and oxygen atoms in total. The van der Waals surface area contributed by atoms with Gasteiger partial charge < -0.3 is 29.4 Å². The Labute approximate surface area is 126 Å². The lowest BCUT2D eigenvalue weighted by molar-refractivity contribution is -0.484. The van der Waals surface area contributed by atoms with Crippen molar-refractivity contribution in [3.63, 3.8) is 0 Å². The van der Waals surface area contributed by atoms with E-state index in [2.05, 4.69) is 4.98 Å². The Morgan fingerprint density at radius 1 is 1.41 bits per heavy atom. The summed E-state index contributed by atoms with van der Waals surface area (Å²) >= 11 is 0. The molecule has 0 bridgehead atoms. The van der Waals surface area contributed by atoms with Gasteiger partial charge in [-0.15, -0.1) is 0 Å². The van der Waals surface area contributed by atoms with E-state index in [9.17, 15) is 4.79 Å². The van der Waals surface area contributed by atoms with Crippen molar-refractivity contribution in [2.75, 3.05) is 40.3 Å². The van der Waals surface area contributed by atoms with Crippen LogP contribution < -0.4 is 11.4 Å². The Morgan fingerprint density at radius 2 is 2.09 bits per heavy atom. The molecule has 0 radical (unpaired) electrons. The fourth-order valence-electron chi connectivity index (χ4n) is 1.92. The lowest BCUT2D eigenvalue weighted by Crippen LogP contribution is -2.41. The first-order valence-corrected chi connectivity index (χ1v) is 6.44. The van der Waals surface area contributed by atoms with Crippen LogP contribution in [0.4, 0.5) is 5.82 Å². The zero-order valence-electron chi connectivity index (χ0n) is 12.6. The van der Waals surface area contributed by atoms with Crippen molar-refractivity contribution < 1.29 is 28.4 Å². The molecule has 1 aliphatic heterocycles. The number of nitrogens with zero attached hydrogens (tertiary/aromatic N) is 2. The molecule has 1 aromatic heterocycles. The van der Waals surface area contributed by atoms with Gasteiger partial charge in [0.15, 0.2) is 12.5 Å². The van der Waals surface area contributed by atoms with Crippen molar-refractivity contribution in [3.05, 3.63) is 22.7 Å². The number of nitrogens with two attached hydrogens (primary N) is 1. The van der Waals surface area contributed by atoms with E-state index in [-0.39, 0.29) is 19.0 Å². The highest BCUT2D eigenvalue weighted by Crippen LogP contribution is 2.22. The van der Waals surface area contributed by atoms with Crippen molar-refractivity contribution in [2.45, 2.75) is 18.7 Å². The number of hydrogen-bond donors (Lipinski definition) is 1. The highest BCUT2D eigenvalue weighted by molar-refractivity contribution is 5.23. The van der Waals surface area contributed by atoms with Crippen molar-refractivity contribution in [1.82, 2.24) is 9.55 Å². The molecule has 2 atom stereocenters. The first-order chi connectivity index (χ1) is 10.5. The molecule has 1 fully saturated rings. The normalized spacial score (nSPS) is 22.1. The molecule has 124 valence electrons. The van der Waals surface area contributed by atoms with Crippen LogP contribution in [-0.4, -0.2) is 56.5 Å².